The molecule has 1 aromatic rings. The molecule has 5 nitrogen and oxygen atoms in total. The van der Waals surface area contributed by atoms with Crippen molar-refractivity contribution in [2.45, 2.75) is 20.3 Å². The summed E-state index contributed by atoms with van der Waals surface area (Å²) in [5, 5.41) is 1.90. The number of hydrogen-bond acceptors (Lipinski definition) is 5. The van der Waals surface area contributed by atoms with Gasteiger partial charge in [-0.2, -0.15) is 5.06 Å². The topological polar surface area (TPSA) is 37.0 Å². The highest BCUT2D eigenvalue weighted by Gasteiger charge is 2.05. The molecule has 0 aromatic heterocycles. The second kappa shape index (κ2) is 11.5. The van der Waals surface area contributed by atoms with Gasteiger partial charge in [0.25, 0.3) is 0 Å². The largest absolute Gasteiger partial charge is 0.370 e. The van der Waals surface area contributed by atoms with E-state index in [0.717, 1.165) is 32.6 Å². The van der Waals surface area contributed by atoms with Crippen LogP contribution in [0, 0.1) is 0 Å². The summed E-state index contributed by atoms with van der Waals surface area (Å²) in [6, 6.07) is 10.5. The molecule has 0 aliphatic heterocycles. The number of benzene rings is 1. The van der Waals surface area contributed by atoms with E-state index in [4.69, 9.17) is 9.68 Å². The van der Waals surface area contributed by atoms with Gasteiger partial charge in [0.15, 0.2) is 0 Å². The van der Waals surface area contributed by atoms with Gasteiger partial charge >= 0.3 is 0 Å². The Morgan fingerprint density at radius 1 is 1.05 bits per heavy atom. The van der Waals surface area contributed by atoms with Crippen molar-refractivity contribution in [3.63, 3.8) is 0 Å². The predicted molar refractivity (Wildman–Crippen MR) is 87.2 cm³/mol. The molecule has 0 atom stereocenters. The van der Waals surface area contributed by atoms with E-state index in [0.29, 0.717) is 13.2 Å². The fourth-order valence-corrected chi connectivity index (χ4v) is 1.96. The van der Waals surface area contributed by atoms with Crippen LogP contribution < -0.4 is 10.4 Å². The first-order valence-electron chi connectivity index (χ1n) is 7.76. The van der Waals surface area contributed by atoms with Crippen LogP contribution in [0.4, 0.5) is 5.69 Å². The van der Waals surface area contributed by atoms with Gasteiger partial charge in [-0.15, -0.1) is 0 Å². The number of likely N-dealkylation sites (N-methyl/N-ethyl adjacent to an activating group) is 2. The second-order valence-corrected chi connectivity index (χ2v) is 4.80. The maximum atomic E-state index is 5.65. The summed E-state index contributed by atoms with van der Waals surface area (Å²) in [7, 11) is 1.98. The molecule has 0 spiro atoms. The van der Waals surface area contributed by atoms with E-state index in [2.05, 4.69) is 41.6 Å². The first kappa shape index (κ1) is 17.9. The summed E-state index contributed by atoms with van der Waals surface area (Å²) in [6.07, 6.45) is 0.882. The van der Waals surface area contributed by atoms with E-state index < -0.39 is 0 Å². The molecule has 0 heterocycles. The molecule has 0 saturated carbocycles. The Kier molecular flexibility index (Phi) is 9.82. The van der Waals surface area contributed by atoms with Crippen LogP contribution in [-0.4, -0.2) is 51.5 Å². The van der Waals surface area contributed by atoms with Crippen LogP contribution in [0.15, 0.2) is 30.3 Å². The summed E-state index contributed by atoms with van der Waals surface area (Å²) < 4.78 is 0. The van der Waals surface area contributed by atoms with Gasteiger partial charge in [-0.25, -0.2) is 5.48 Å². The Hall–Kier alpha value is -1.14. The molecule has 0 saturated heterocycles. The molecule has 0 bridgehead atoms. The quantitative estimate of drug-likeness (QED) is 0.473. The van der Waals surface area contributed by atoms with E-state index in [-0.39, 0.29) is 0 Å². The molecule has 21 heavy (non-hydrogen) atoms. The van der Waals surface area contributed by atoms with E-state index in [1.807, 2.05) is 25.1 Å². The molecule has 5 heteroatoms. The van der Waals surface area contributed by atoms with Gasteiger partial charge in [0.2, 0.25) is 0 Å². The smallest absolute Gasteiger partial charge is 0.0707 e. The molecule has 1 rings (SSSR count). The molecule has 0 fully saturated rings. The fraction of sp³-hybridized carbons (Fsp3) is 0.625. The number of rotatable bonds is 12. The number of para-hydroxylation sites is 1. The van der Waals surface area contributed by atoms with E-state index >= 15 is 0 Å². The standard InChI is InChI=1S/C16H29N3O2/c1-4-17-20-14-9-15-21-18(3)12-13-19(5-2)16-10-7-6-8-11-16/h6-8,10-11,17H,4-5,9,12-15H2,1-3H3. The van der Waals surface area contributed by atoms with E-state index in [1.165, 1.54) is 5.69 Å². The number of nitrogens with one attached hydrogen (secondary N) is 1. The van der Waals surface area contributed by atoms with Gasteiger partial charge in [-0.3, -0.25) is 4.84 Å². The number of hydroxylamine groups is 3. The summed E-state index contributed by atoms with van der Waals surface area (Å²) in [5.41, 5.74) is 4.08. The van der Waals surface area contributed by atoms with Gasteiger partial charge in [-0.1, -0.05) is 25.1 Å². The fourth-order valence-electron chi connectivity index (χ4n) is 1.96. The van der Waals surface area contributed by atoms with Crippen LogP contribution in [0.3, 0.4) is 0 Å². The molecule has 0 amide bonds. The minimum Gasteiger partial charge on any atom is -0.370 e. The number of hydrogen-bond donors (Lipinski definition) is 1. The molecule has 0 aliphatic rings. The summed E-state index contributed by atoms with van der Waals surface area (Å²) in [4.78, 5) is 13.2. The summed E-state index contributed by atoms with van der Waals surface area (Å²) >= 11 is 0. The number of anilines is 1. The highest BCUT2D eigenvalue weighted by molar-refractivity contribution is 5.45. The molecule has 1 aromatic carbocycles. The Morgan fingerprint density at radius 3 is 2.48 bits per heavy atom. The predicted octanol–water partition coefficient (Wildman–Crippen LogP) is 2.31. The van der Waals surface area contributed by atoms with Crippen LogP contribution in [-0.2, 0) is 9.68 Å². The van der Waals surface area contributed by atoms with Crippen LogP contribution >= 0.6 is 0 Å². The van der Waals surface area contributed by atoms with Crippen molar-refractivity contribution in [1.82, 2.24) is 10.5 Å². The van der Waals surface area contributed by atoms with Crippen LogP contribution in [0.2, 0.25) is 0 Å². The molecular weight excluding hydrogens is 266 g/mol. The van der Waals surface area contributed by atoms with Crippen LogP contribution in [0.25, 0.3) is 0 Å². The molecular formula is C16H29N3O2. The van der Waals surface area contributed by atoms with Crippen molar-refractivity contribution in [1.29, 1.82) is 0 Å². The van der Waals surface area contributed by atoms with Crippen molar-refractivity contribution in [3.8, 4) is 0 Å². The Bertz CT molecular complexity index is 349. The molecule has 0 aliphatic carbocycles. The van der Waals surface area contributed by atoms with Crippen molar-refractivity contribution in [3.05, 3.63) is 30.3 Å². The van der Waals surface area contributed by atoms with Gasteiger partial charge in [0.1, 0.15) is 0 Å². The summed E-state index contributed by atoms with van der Waals surface area (Å²) in [5.74, 6) is 0. The summed E-state index contributed by atoms with van der Waals surface area (Å²) in [6.45, 7) is 9.18. The number of nitrogens with zero attached hydrogens (tertiary/aromatic N) is 2. The van der Waals surface area contributed by atoms with E-state index in [9.17, 15) is 0 Å². The van der Waals surface area contributed by atoms with Gasteiger partial charge in [0, 0.05) is 38.9 Å². The third kappa shape index (κ3) is 8.02. The third-order valence-corrected chi connectivity index (χ3v) is 3.14. The molecule has 0 radical (unpaired) electrons. The molecule has 1 N–H and O–H groups in total. The zero-order valence-electron chi connectivity index (χ0n) is 13.5. The van der Waals surface area contributed by atoms with Crippen molar-refractivity contribution in [2.75, 3.05) is 51.3 Å². The lowest BCUT2D eigenvalue weighted by Gasteiger charge is -2.26. The van der Waals surface area contributed by atoms with E-state index in [1.54, 1.807) is 0 Å². The minimum atomic E-state index is 0.673. The lowest BCUT2D eigenvalue weighted by Crippen LogP contribution is -2.33. The van der Waals surface area contributed by atoms with Crippen LogP contribution in [0.1, 0.15) is 20.3 Å². The average molecular weight is 295 g/mol. The lowest BCUT2D eigenvalue weighted by atomic mass is 10.3. The van der Waals surface area contributed by atoms with Crippen molar-refractivity contribution < 1.29 is 9.68 Å². The van der Waals surface area contributed by atoms with Gasteiger partial charge in [0.05, 0.1) is 13.2 Å². The maximum Gasteiger partial charge on any atom is 0.0707 e. The van der Waals surface area contributed by atoms with Gasteiger partial charge in [-0.05, 0) is 25.5 Å². The lowest BCUT2D eigenvalue weighted by molar-refractivity contribution is -0.142. The van der Waals surface area contributed by atoms with Gasteiger partial charge < -0.3 is 9.74 Å². The van der Waals surface area contributed by atoms with Crippen molar-refractivity contribution >= 4 is 5.69 Å². The first-order valence-corrected chi connectivity index (χ1v) is 7.76. The zero-order chi connectivity index (χ0) is 15.3. The minimum absolute atomic E-state index is 0.673. The third-order valence-electron chi connectivity index (χ3n) is 3.14. The molecule has 120 valence electrons. The zero-order valence-corrected chi connectivity index (χ0v) is 13.5. The average Bonchev–Trinajstić information content (AvgIpc) is 2.52. The highest BCUT2D eigenvalue weighted by atomic mass is 16.7. The Balaban J connectivity index is 2.15. The normalized spacial score (nSPS) is 11.0. The van der Waals surface area contributed by atoms with Crippen molar-refractivity contribution in [2.24, 2.45) is 0 Å². The monoisotopic (exact) mass is 295 g/mol. The maximum absolute atomic E-state index is 5.65. The van der Waals surface area contributed by atoms with Crippen LogP contribution in [0.5, 0.6) is 0 Å². The Morgan fingerprint density at radius 2 is 1.81 bits per heavy atom. The highest BCUT2D eigenvalue weighted by Crippen LogP contribution is 2.12. The SMILES string of the molecule is CCNOCCCON(C)CCN(CC)c1ccccc1. The first-order chi connectivity index (χ1) is 10.3. The Labute approximate surface area is 128 Å². The second-order valence-electron chi connectivity index (χ2n) is 4.80. The molecule has 0 unspecified atom stereocenters.